The average Bonchev–Trinajstić information content (AvgIpc) is 1.86. The van der Waals surface area contributed by atoms with Crippen LogP contribution in [0.2, 0.25) is 0 Å². The van der Waals surface area contributed by atoms with Crippen molar-refractivity contribution in [3.05, 3.63) is 0 Å². The van der Waals surface area contributed by atoms with E-state index in [1.165, 1.54) is 6.92 Å². The van der Waals surface area contributed by atoms with Gasteiger partial charge in [0.1, 0.15) is 0 Å². The number of ether oxygens (including phenoxy) is 1. The lowest BCUT2D eigenvalue weighted by Crippen LogP contribution is -1.99. The molecular formula is C6H14O5P+. The number of hydrogen-bond donors (Lipinski definition) is 2. The summed E-state index contributed by atoms with van der Waals surface area (Å²) in [6, 6.07) is 0. The Balaban J connectivity index is 0. The third kappa shape index (κ3) is 33.9. The van der Waals surface area contributed by atoms with Gasteiger partial charge in [0.15, 0.2) is 0 Å². The molecule has 0 atom stereocenters. The highest BCUT2D eigenvalue weighted by atomic mass is 31.1. The number of hydrogen-bond acceptors (Lipinski definition) is 3. The fourth-order valence-corrected chi connectivity index (χ4v) is 0.360. The minimum atomic E-state index is -2.87. The molecule has 0 saturated heterocycles. The molecule has 12 heavy (non-hydrogen) atoms. The quantitative estimate of drug-likeness (QED) is 0.400. The van der Waals surface area contributed by atoms with Crippen LogP contribution < -0.4 is 0 Å². The van der Waals surface area contributed by atoms with Crippen molar-refractivity contribution in [2.24, 2.45) is 0 Å². The molecule has 0 spiro atoms. The SMILES string of the molecule is CCCCOC(C)=O.O=[P+](O)O. The summed E-state index contributed by atoms with van der Waals surface area (Å²) in [5, 5.41) is 0. The van der Waals surface area contributed by atoms with Crippen LogP contribution >= 0.6 is 8.25 Å². The van der Waals surface area contributed by atoms with Crippen LogP contribution in [-0.2, 0) is 14.1 Å². The Bertz CT molecular complexity index is 132. The van der Waals surface area contributed by atoms with E-state index in [9.17, 15) is 4.79 Å². The van der Waals surface area contributed by atoms with E-state index in [2.05, 4.69) is 11.7 Å². The summed E-state index contributed by atoms with van der Waals surface area (Å²) >= 11 is 0. The molecule has 0 radical (unpaired) electrons. The summed E-state index contributed by atoms with van der Waals surface area (Å²) in [5.74, 6) is -0.182. The van der Waals surface area contributed by atoms with Gasteiger partial charge in [-0.25, -0.2) is 0 Å². The van der Waals surface area contributed by atoms with Gasteiger partial charge in [-0.1, -0.05) is 13.3 Å². The average molecular weight is 197 g/mol. The molecule has 0 heterocycles. The van der Waals surface area contributed by atoms with Gasteiger partial charge in [0.2, 0.25) is 0 Å². The van der Waals surface area contributed by atoms with Crippen LogP contribution in [0.15, 0.2) is 0 Å². The molecule has 0 unspecified atom stereocenters. The van der Waals surface area contributed by atoms with Gasteiger partial charge in [0, 0.05) is 11.5 Å². The third-order valence-corrected chi connectivity index (χ3v) is 0.803. The molecule has 0 aliphatic carbocycles. The van der Waals surface area contributed by atoms with E-state index in [-0.39, 0.29) is 5.97 Å². The summed E-state index contributed by atoms with van der Waals surface area (Å²) in [6.07, 6.45) is 2.05. The number of carbonyl (C=O) groups excluding carboxylic acids is 1. The van der Waals surface area contributed by atoms with Crippen LogP contribution in [0.1, 0.15) is 26.7 Å². The van der Waals surface area contributed by atoms with Gasteiger partial charge in [-0.05, 0) is 6.42 Å². The van der Waals surface area contributed by atoms with Crippen molar-refractivity contribution in [1.29, 1.82) is 0 Å². The Hall–Kier alpha value is -0.510. The summed E-state index contributed by atoms with van der Waals surface area (Å²) in [5.41, 5.74) is 0. The van der Waals surface area contributed by atoms with E-state index in [0.29, 0.717) is 6.61 Å². The van der Waals surface area contributed by atoms with Crippen molar-refractivity contribution in [3.8, 4) is 0 Å². The molecule has 0 aliphatic rings. The first kappa shape index (κ1) is 14.0. The second kappa shape index (κ2) is 10.5. The molecule has 0 aromatic rings. The highest BCUT2D eigenvalue weighted by Crippen LogP contribution is 1.98. The van der Waals surface area contributed by atoms with E-state index in [1.807, 2.05) is 0 Å². The maximum atomic E-state index is 10.1. The van der Waals surface area contributed by atoms with Crippen LogP contribution in [0.25, 0.3) is 0 Å². The topological polar surface area (TPSA) is 83.8 Å². The van der Waals surface area contributed by atoms with Gasteiger partial charge < -0.3 is 4.74 Å². The van der Waals surface area contributed by atoms with Gasteiger partial charge in [0.05, 0.1) is 6.61 Å². The third-order valence-electron chi connectivity index (χ3n) is 0.803. The van der Waals surface area contributed by atoms with Gasteiger partial charge >= 0.3 is 14.2 Å². The number of carbonyl (C=O) groups is 1. The molecule has 0 saturated carbocycles. The van der Waals surface area contributed by atoms with Gasteiger partial charge in [-0.2, -0.15) is 0 Å². The predicted molar refractivity (Wildman–Crippen MR) is 43.6 cm³/mol. The van der Waals surface area contributed by atoms with E-state index in [4.69, 9.17) is 14.4 Å². The number of esters is 1. The van der Waals surface area contributed by atoms with Crippen LogP contribution in [0.5, 0.6) is 0 Å². The molecule has 0 aromatic heterocycles. The molecule has 5 nitrogen and oxygen atoms in total. The first-order valence-electron chi connectivity index (χ1n) is 3.49. The van der Waals surface area contributed by atoms with Gasteiger partial charge in [0.25, 0.3) is 0 Å². The fraction of sp³-hybridized carbons (Fsp3) is 0.833. The van der Waals surface area contributed by atoms with E-state index < -0.39 is 8.25 Å². The van der Waals surface area contributed by atoms with Crippen LogP contribution in [0.3, 0.4) is 0 Å². The Labute approximate surface area is 72.3 Å². The Kier molecular flexibility index (Phi) is 12.3. The molecular weight excluding hydrogens is 183 g/mol. The van der Waals surface area contributed by atoms with Crippen LogP contribution in [0, 0.1) is 0 Å². The monoisotopic (exact) mass is 197 g/mol. The summed E-state index contributed by atoms with van der Waals surface area (Å²) in [4.78, 5) is 24.3. The van der Waals surface area contributed by atoms with E-state index in [0.717, 1.165) is 12.8 Å². The second-order valence-electron chi connectivity index (χ2n) is 1.95. The maximum absolute atomic E-state index is 10.1. The molecule has 0 aromatic carbocycles. The van der Waals surface area contributed by atoms with Crippen molar-refractivity contribution >= 4 is 14.2 Å². The summed E-state index contributed by atoms with van der Waals surface area (Å²) < 4.78 is 13.3. The molecule has 0 bridgehead atoms. The van der Waals surface area contributed by atoms with Crippen molar-refractivity contribution in [1.82, 2.24) is 0 Å². The highest BCUT2D eigenvalue weighted by Gasteiger charge is 1.93. The Morgan fingerprint density at radius 2 is 1.92 bits per heavy atom. The van der Waals surface area contributed by atoms with Crippen LogP contribution in [0.4, 0.5) is 0 Å². The molecule has 0 rings (SSSR count). The molecule has 72 valence electrons. The van der Waals surface area contributed by atoms with Gasteiger partial charge in [-0.3, -0.25) is 4.79 Å². The van der Waals surface area contributed by atoms with Crippen molar-refractivity contribution in [3.63, 3.8) is 0 Å². The number of unbranched alkanes of at least 4 members (excludes halogenated alkanes) is 1. The zero-order chi connectivity index (χ0) is 9.98. The zero-order valence-corrected chi connectivity index (χ0v) is 8.08. The first-order valence-corrected chi connectivity index (χ1v) is 4.65. The Morgan fingerprint density at radius 1 is 1.50 bits per heavy atom. The van der Waals surface area contributed by atoms with Gasteiger partial charge in [-0.15, -0.1) is 9.79 Å². The molecule has 0 amide bonds. The standard InChI is InChI=1S/C6H12O2.HO3P/c1-3-4-5-8-6(2)7;1-4(2)3/h3-5H2,1-2H3;(H-,1,2,3)/p+1. The molecule has 0 aliphatic heterocycles. The zero-order valence-electron chi connectivity index (χ0n) is 7.19. The van der Waals surface area contributed by atoms with Crippen molar-refractivity contribution in [2.75, 3.05) is 6.61 Å². The van der Waals surface area contributed by atoms with E-state index >= 15 is 0 Å². The predicted octanol–water partition coefficient (Wildman–Crippen LogP) is 0.978. The van der Waals surface area contributed by atoms with Crippen molar-refractivity contribution in [2.45, 2.75) is 26.7 Å². The Morgan fingerprint density at radius 3 is 2.17 bits per heavy atom. The molecule has 0 fully saturated rings. The largest absolute Gasteiger partial charge is 0.692 e. The normalized spacial score (nSPS) is 8.00. The summed E-state index contributed by atoms with van der Waals surface area (Å²) in [6.45, 7) is 4.06. The van der Waals surface area contributed by atoms with Crippen LogP contribution in [-0.4, -0.2) is 22.4 Å². The number of rotatable bonds is 3. The molecule has 2 N–H and O–H groups in total. The lowest BCUT2D eigenvalue weighted by molar-refractivity contribution is -0.141. The van der Waals surface area contributed by atoms with E-state index in [1.54, 1.807) is 0 Å². The fourth-order valence-electron chi connectivity index (χ4n) is 0.360. The maximum Gasteiger partial charge on any atom is 0.692 e. The minimum absolute atomic E-state index is 0.182. The summed E-state index contributed by atoms with van der Waals surface area (Å²) in [7, 11) is -2.87. The second-order valence-corrected chi connectivity index (χ2v) is 2.45. The van der Waals surface area contributed by atoms with Crippen molar-refractivity contribution < 1.29 is 23.9 Å². The smallest absolute Gasteiger partial charge is 0.466 e. The highest BCUT2D eigenvalue weighted by molar-refractivity contribution is 7.30. The minimum Gasteiger partial charge on any atom is -0.466 e. The lowest BCUT2D eigenvalue weighted by Gasteiger charge is -1.96. The molecule has 6 heteroatoms. The lowest BCUT2D eigenvalue weighted by atomic mass is 10.4. The first-order chi connectivity index (χ1) is 5.50.